The first-order valence-electron chi connectivity index (χ1n) is 10.4. The van der Waals surface area contributed by atoms with Crippen molar-refractivity contribution in [3.8, 4) is 22.3 Å². The first-order chi connectivity index (χ1) is 15.0. The maximum absolute atomic E-state index is 12.9. The number of carbonyl (C=O) groups is 1. The highest BCUT2D eigenvalue weighted by atomic mass is 35.5. The van der Waals surface area contributed by atoms with Crippen LogP contribution in [0.1, 0.15) is 34.5 Å². The lowest BCUT2D eigenvalue weighted by molar-refractivity contribution is 0.0946. The number of halogens is 1. The van der Waals surface area contributed by atoms with E-state index in [0.717, 1.165) is 57.1 Å². The van der Waals surface area contributed by atoms with Gasteiger partial charge in [0.15, 0.2) is 0 Å². The van der Waals surface area contributed by atoms with Crippen molar-refractivity contribution in [3.63, 3.8) is 0 Å². The molecule has 1 fully saturated rings. The van der Waals surface area contributed by atoms with Gasteiger partial charge in [0.1, 0.15) is 5.69 Å². The van der Waals surface area contributed by atoms with E-state index in [1.54, 1.807) is 12.4 Å². The fourth-order valence-corrected chi connectivity index (χ4v) is 4.46. The summed E-state index contributed by atoms with van der Waals surface area (Å²) in [4.78, 5) is 21.8. The molecule has 4 aromatic rings. The molecule has 1 amide bonds. The predicted molar refractivity (Wildman–Crippen MR) is 125 cm³/mol. The third-order valence-electron chi connectivity index (χ3n) is 5.82. The van der Waals surface area contributed by atoms with Crippen molar-refractivity contribution < 1.29 is 4.79 Å². The summed E-state index contributed by atoms with van der Waals surface area (Å²) in [6, 6.07) is 16.0. The number of hydrogen-bond donors (Lipinski definition) is 1. The second-order valence-corrected chi connectivity index (χ2v) is 8.51. The van der Waals surface area contributed by atoms with Crippen molar-refractivity contribution in [2.75, 3.05) is 0 Å². The summed E-state index contributed by atoms with van der Waals surface area (Å²) in [5.74, 6) is -0.133. The fraction of sp³-hybridized carbons (Fsp3) is 0.192. The third-order valence-corrected chi connectivity index (χ3v) is 6.15. The second-order valence-electron chi connectivity index (χ2n) is 8.11. The minimum absolute atomic E-state index is 0.133. The van der Waals surface area contributed by atoms with Crippen molar-refractivity contribution >= 4 is 28.4 Å². The highest BCUT2D eigenvalue weighted by Crippen LogP contribution is 2.40. The number of carbonyl (C=O) groups excluding carboxylic acids is 1. The molecule has 5 rings (SSSR count). The molecular formula is C26H22ClN3O. The average Bonchev–Trinajstić information content (AvgIpc) is 3.58. The van der Waals surface area contributed by atoms with Gasteiger partial charge in [0.05, 0.1) is 5.52 Å². The molecule has 0 aliphatic heterocycles. The standard InChI is InChI=1S/C26H22ClN3O/c1-15-13-22-25(16(2)24(15)17-9-11-28-12-10-17)20(19-5-3-4-6-21(19)27)14-23(30-22)26(31)29-18-7-8-18/h3-6,9-14,18H,7-8H2,1-2H3,(H,29,31). The van der Waals surface area contributed by atoms with E-state index in [9.17, 15) is 4.79 Å². The summed E-state index contributed by atoms with van der Waals surface area (Å²) in [5.41, 5.74) is 7.50. The van der Waals surface area contributed by atoms with E-state index in [1.807, 2.05) is 42.5 Å². The normalized spacial score (nSPS) is 13.4. The van der Waals surface area contributed by atoms with E-state index < -0.39 is 0 Å². The predicted octanol–water partition coefficient (Wildman–Crippen LogP) is 6.13. The molecule has 2 aromatic heterocycles. The number of aromatic nitrogens is 2. The molecule has 0 unspecified atom stereocenters. The smallest absolute Gasteiger partial charge is 0.270 e. The molecule has 1 saturated carbocycles. The quantitative estimate of drug-likeness (QED) is 0.426. The summed E-state index contributed by atoms with van der Waals surface area (Å²) in [7, 11) is 0. The van der Waals surface area contributed by atoms with Gasteiger partial charge in [0.2, 0.25) is 0 Å². The Morgan fingerprint density at radius 3 is 2.48 bits per heavy atom. The number of fused-ring (bicyclic) bond motifs is 1. The zero-order chi connectivity index (χ0) is 21.5. The molecule has 0 radical (unpaired) electrons. The summed E-state index contributed by atoms with van der Waals surface area (Å²) in [6.07, 6.45) is 5.67. The topological polar surface area (TPSA) is 54.9 Å². The number of amides is 1. The average molecular weight is 428 g/mol. The van der Waals surface area contributed by atoms with Crippen LogP contribution in [0.4, 0.5) is 0 Å². The number of hydrogen-bond acceptors (Lipinski definition) is 3. The van der Waals surface area contributed by atoms with Crippen LogP contribution in [-0.2, 0) is 0 Å². The molecule has 0 atom stereocenters. The van der Waals surface area contributed by atoms with Crippen LogP contribution in [0.3, 0.4) is 0 Å². The van der Waals surface area contributed by atoms with E-state index in [1.165, 1.54) is 0 Å². The number of aryl methyl sites for hydroxylation is 2. The van der Waals surface area contributed by atoms with Crippen molar-refractivity contribution in [1.82, 2.24) is 15.3 Å². The minimum atomic E-state index is -0.133. The third kappa shape index (κ3) is 3.68. The van der Waals surface area contributed by atoms with E-state index in [2.05, 4.69) is 30.2 Å². The van der Waals surface area contributed by atoms with Gasteiger partial charge in [-0.15, -0.1) is 0 Å². The largest absolute Gasteiger partial charge is 0.348 e. The van der Waals surface area contributed by atoms with Crippen molar-refractivity contribution in [3.05, 3.63) is 82.8 Å². The number of benzene rings is 2. The van der Waals surface area contributed by atoms with E-state index >= 15 is 0 Å². The monoisotopic (exact) mass is 427 g/mol. The lowest BCUT2D eigenvalue weighted by atomic mass is 9.89. The van der Waals surface area contributed by atoms with Crippen molar-refractivity contribution in [2.45, 2.75) is 32.7 Å². The molecule has 1 aliphatic carbocycles. The van der Waals surface area contributed by atoms with E-state index in [4.69, 9.17) is 16.6 Å². The molecule has 0 spiro atoms. The zero-order valence-electron chi connectivity index (χ0n) is 17.4. The molecule has 0 bridgehead atoms. The van der Waals surface area contributed by atoms with Gasteiger partial charge in [-0.05, 0) is 84.8 Å². The Morgan fingerprint density at radius 2 is 1.77 bits per heavy atom. The Bertz CT molecular complexity index is 1310. The maximum Gasteiger partial charge on any atom is 0.270 e. The van der Waals surface area contributed by atoms with E-state index in [0.29, 0.717) is 10.7 Å². The number of rotatable bonds is 4. The van der Waals surface area contributed by atoms with Crippen LogP contribution in [0.2, 0.25) is 5.02 Å². The Hall–Kier alpha value is -3.24. The Kier molecular flexibility index (Phi) is 4.95. The van der Waals surface area contributed by atoms with Crippen molar-refractivity contribution in [1.29, 1.82) is 0 Å². The first-order valence-corrected chi connectivity index (χ1v) is 10.8. The lowest BCUT2D eigenvalue weighted by Gasteiger charge is -2.18. The van der Waals surface area contributed by atoms with Gasteiger partial charge in [0.25, 0.3) is 5.91 Å². The summed E-state index contributed by atoms with van der Waals surface area (Å²) < 4.78 is 0. The summed E-state index contributed by atoms with van der Waals surface area (Å²) in [5, 5.41) is 4.71. The number of nitrogens with one attached hydrogen (secondary N) is 1. The molecule has 2 heterocycles. The van der Waals surface area contributed by atoms with Crippen LogP contribution < -0.4 is 5.32 Å². The van der Waals surface area contributed by atoms with Crippen LogP contribution in [0.5, 0.6) is 0 Å². The van der Waals surface area contributed by atoms with Crippen molar-refractivity contribution in [2.24, 2.45) is 0 Å². The molecule has 0 saturated heterocycles. The van der Waals surface area contributed by atoms with Crippen LogP contribution in [0.25, 0.3) is 33.2 Å². The van der Waals surface area contributed by atoms with Gasteiger partial charge in [-0.1, -0.05) is 29.8 Å². The first kappa shape index (κ1) is 19.7. The summed E-state index contributed by atoms with van der Waals surface area (Å²) in [6.45, 7) is 4.19. The highest BCUT2D eigenvalue weighted by molar-refractivity contribution is 6.33. The molecule has 2 aromatic carbocycles. The molecule has 1 N–H and O–H groups in total. The fourth-order valence-electron chi connectivity index (χ4n) is 4.22. The Labute approximate surface area is 186 Å². The highest BCUT2D eigenvalue weighted by Gasteiger charge is 2.25. The lowest BCUT2D eigenvalue weighted by Crippen LogP contribution is -2.26. The molecule has 154 valence electrons. The van der Waals surface area contributed by atoms with E-state index in [-0.39, 0.29) is 11.9 Å². The maximum atomic E-state index is 12.9. The van der Waals surface area contributed by atoms with Crippen LogP contribution in [0, 0.1) is 13.8 Å². The molecule has 4 nitrogen and oxygen atoms in total. The Morgan fingerprint density at radius 1 is 1.03 bits per heavy atom. The van der Waals surface area contributed by atoms with Gasteiger partial charge in [0, 0.05) is 34.4 Å². The van der Waals surface area contributed by atoms with Gasteiger partial charge in [-0.25, -0.2) is 4.98 Å². The SMILES string of the molecule is Cc1cc2nc(C(=O)NC3CC3)cc(-c3ccccc3Cl)c2c(C)c1-c1ccncc1. The molecular weight excluding hydrogens is 406 g/mol. The second kappa shape index (κ2) is 7.78. The van der Waals surface area contributed by atoms with Gasteiger partial charge >= 0.3 is 0 Å². The van der Waals surface area contributed by atoms with Crippen LogP contribution >= 0.6 is 11.6 Å². The van der Waals surface area contributed by atoms with Gasteiger partial charge in [-0.2, -0.15) is 0 Å². The number of pyridine rings is 2. The minimum Gasteiger partial charge on any atom is -0.348 e. The zero-order valence-corrected chi connectivity index (χ0v) is 18.2. The molecule has 31 heavy (non-hydrogen) atoms. The van der Waals surface area contributed by atoms with Crippen LogP contribution in [-0.4, -0.2) is 21.9 Å². The summed E-state index contributed by atoms with van der Waals surface area (Å²) >= 11 is 6.60. The molecule has 1 aliphatic rings. The number of nitrogens with zero attached hydrogens (tertiary/aromatic N) is 2. The van der Waals surface area contributed by atoms with Gasteiger partial charge < -0.3 is 5.32 Å². The van der Waals surface area contributed by atoms with Gasteiger partial charge in [-0.3, -0.25) is 9.78 Å². The Balaban J connectivity index is 1.81. The molecule has 5 heteroatoms. The van der Waals surface area contributed by atoms with Crippen LogP contribution in [0.15, 0.2) is 60.9 Å².